The van der Waals surface area contributed by atoms with Gasteiger partial charge in [0.25, 0.3) is 5.95 Å². The lowest BCUT2D eigenvalue weighted by Crippen LogP contribution is -2.04. The molecule has 2 aromatic heterocycles. The number of nitrogens with one attached hydrogen (secondary N) is 1. The standard InChI is InChI=1S/C12H11ClN6S/c1-2-8-4-3-5-9(10(8)13)19-11(16-17-18-19)15-12-14-6-7-20-12/h3-7H,2H2,1H3,(H,14,15,16,18). The summed E-state index contributed by atoms with van der Waals surface area (Å²) in [5.74, 6) is 0.482. The van der Waals surface area contributed by atoms with Gasteiger partial charge in [-0.15, -0.1) is 11.3 Å². The van der Waals surface area contributed by atoms with Crippen LogP contribution in [-0.4, -0.2) is 25.2 Å². The molecule has 102 valence electrons. The summed E-state index contributed by atoms with van der Waals surface area (Å²) >= 11 is 7.87. The van der Waals surface area contributed by atoms with E-state index in [0.717, 1.165) is 22.8 Å². The molecular formula is C12H11ClN6S. The van der Waals surface area contributed by atoms with Crippen LogP contribution in [0.5, 0.6) is 0 Å². The highest BCUT2D eigenvalue weighted by Crippen LogP contribution is 2.27. The number of nitrogens with zero attached hydrogens (tertiary/aromatic N) is 5. The van der Waals surface area contributed by atoms with Crippen LogP contribution in [0.15, 0.2) is 29.8 Å². The first-order chi connectivity index (χ1) is 9.79. The molecule has 3 aromatic rings. The van der Waals surface area contributed by atoms with Crippen molar-refractivity contribution in [1.29, 1.82) is 0 Å². The Morgan fingerprint density at radius 3 is 3.05 bits per heavy atom. The Morgan fingerprint density at radius 2 is 2.30 bits per heavy atom. The van der Waals surface area contributed by atoms with Gasteiger partial charge in [-0.3, -0.25) is 5.32 Å². The quantitative estimate of drug-likeness (QED) is 0.802. The highest BCUT2D eigenvalue weighted by molar-refractivity contribution is 7.13. The summed E-state index contributed by atoms with van der Waals surface area (Å²) in [6, 6.07) is 5.81. The maximum atomic E-state index is 6.40. The number of thiazole rings is 1. The van der Waals surface area contributed by atoms with Gasteiger partial charge in [0.2, 0.25) is 0 Å². The predicted molar refractivity (Wildman–Crippen MR) is 78.9 cm³/mol. The average molecular weight is 307 g/mol. The van der Waals surface area contributed by atoms with Crippen LogP contribution in [0, 0.1) is 0 Å². The Bertz CT molecular complexity index is 709. The van der Waals surface area contributed by atoms with Gasteiger partial charge in [-0.1, -0.05) is 35.8 Å². The fourth-order valence-corrected chi connectivity index (χ4v) is 2.67. The third-order valence-corrected chi connectivity index (χ3v) is 3.91. The Balaban J connectivity index is 2.01. The molecule has 1 N–H and O–H groups in total. The fraction of sp³-hybridized carbons (Fsp3) is 0.167. The molecular weight excluding hydrogens is 296 g/mol. The molecule has 0 radical (unpaired) electrons. The van der Waals surface area contributed by atoms with Crippen molar-refractivity contribution in [1.82, 2.24) is 25.2 Å². The van der Waals surface area contributed by atoms with Gasteiger partial charge in [0, 0.05) is 11.6 Å². The Labute approximate surface area is 124 Å². The van der Waals surface area contributed by atoms with Gasteiger partial charge in [0.15, 0.2) is 5.13 Å². The molecule has 3 rings (SSSR count). The van der Waals surface area contributed by atoms with Crippen LogP contribution in [0.25, 0.3) is 5.69 Å². The van der Waals surface area contributed by atoms with Crippen LogP contribution in [0.2, 0.25) is 5.02 Å². The molecule has 0 spiro atoms. The van der Waals surface area contributed by atoms with Crippen LogP contribution >= 0.6 is 22.9 Å². The highest BCUT2D eigenvalue weighted by Gasteiger charge is 2.13. The zero-order valence-electron chi connectivity index (χ0n) is 10.6. The molecule has 0 atom stereocenters. The van der Waals surface area contributed by atoms with Crippen LogP contribution in [-0.2, 0) is 6.42 Å². The van der Waals surface area contributed by atoms with Crippen LogP contribution < -0.4 is 5.32 Å². The minimum Gasteiger partial charge on any atom is -0.299 e. The third-order valence-electron chi connectivity index (χ3n) is 2.79. The molecule has 6 nitrogen and oxygen atoms in total. The van der Waals surface area contributed by atoms with Gasteiger partial charge < -0.3 is 0 Å². The van der Waals surface area contributed by atoms with Crippen molar-refractivity contribution in [3.05, 3.63) is 40.4 Å². The smallest absolute Gasteiger partial charge is 0.254 e. The number of aryl methyl sites for hydroxylation is 1. The maximum absolute atomic E-state index is 6.40. The first kappa shape index (κ1) is 13.0. The van der Waals surface area contributed by atoms with E-state index in [-0.39, 0.29) is 0 Å². The van der Waals surface area contributed by atoms with E-state index in [1.807, 2.05) is 23.6 Å². The second kappa shape index (κ2) is 5.56. The van der Waals surface area contributed by atoms with Gasteiger partial charge >= 0.3 is 0 Å². The summed E-state index contributed by atoms with van der Waals surface area (Å²) in [6.45, 7) is 2.05. The van der Waals surface area contributed by atoms with E-state index in [1.165, 1.54) is 11.3 Å². The molecule has 0 bridgehead atoms. The molecule has 0 saturated carbocycles. The summed E-state index contributed by atoms with van der Waals surface area (Å²) in [5.41, 5.74) is 1.80. The second-order valence-electron chi connectivity index (χ2n) is 3.98. The minimum atomic E-state index is 0.482. The van der Waals surface area contributed by atoms with Gasteiger partial charge in [-0.05, 0) is 28.5 Å². The summed E-state index contributed by atoms with van der Waals surface area (Å²) in [5, 5.41) is 18.0. The number of hydrogen-bond donors (Lipinski definition) is 1. The molecule has 0 aliphatic carbocycles. The predicted octanol–water partition coefficient (Wildman–Crippen LogP) is 3.08. The average Bonchev–Trinajstić information content (AvgIpc) is 3.11. The van der Waals surface area contributed by atoms with E-state index in [0.29, 0.717) is 11.0 Å². The Morgan fingerprint density at radius 1 is 1.40 bits per heavy atom. The first-order valence-corrected chi connectivity index (χ1v) is 7.28. The monoisotopic (exact) mass is 306 g/mol. The van der Waals surface area contributed by atoms with Crippen molar-refractivity contribution in [2.75, 3.05) is 5.32 Å². The maximum Gasteiger partial charge on any atom is 0.254 e. The zero-order chi connectivity index (χ0) is 13.9. The number of halogens is 1. The van der Waals surface area contributed by atoms with Crippen molar-refractivity contribution in [3.63, 3.8) is 0 Å². The Hall–Kier alpha value is -1.99. The number of hydrogen-bond acceptors (Lipinski definition) is 6. The lowest BCUT2D eigenvalue weighted by Gasteiger charge is -2.09. The highest BCUT2D eigenvalue weighted by atomic mass is 35.5. The molecule has 0 aliphatic rings. The number of rotatable bonds is 4. The van der Waals surface area contributed by atoms with Crippen molar-refractivity contribution in [2.24, 2.45) is 0 Å². The first-order valence-electron chi connectivity index (χ1n) is 6.02. The molecule has 1 aromatic carbocycles. The van der Waals surface area contributed by atoms with Crippen LogP contribution in [0.1, 0.15) is 12.5 Å². The van der Waals surface area contributed by atoms with Gasteiger partial charge in [0.05, 0.1) is 10.7 Å². The molecule has 0 aliphatic heterocycles. The SMILES string of the molecule is CCc1cccc(-n2nnnc2Nc2nccs2)c1Cl. The van der Waals surface area contributed by atoms with E-state index in [2.05, 4.69) is 32.7 Å². The summed E-state index contributed by atoms with van der Waals surface area (Å²) in [4.78, 5) is 4.15. The van der Waals surface area contributed by atoms with E-state index in [1.54, 1.807) is 10.9 Å². The zero-order valence-corrected chi connectivity index (χ0v) is 12.2. The van der Waals surface area contributed by atoms with Crippen molar-refractivity contribution < 1.29 is 0 Å². The van der Waals surface area contributed by atoms with Gasteiger partial charge in [-0.25, -0.2) is 4.98 Å². The molecule has 0 fully saturated rings. The molecule has 2 heterocycles. The summed E-state index contributed by atoms with van der Waals surface area (Å²) in [7, 11) is 0. The third kappa shape index (κ3) is 2.37. The molecule has 0 amide bonds. The number of tetrazole rings is 1. The largest absolute Gasteiger partial charge is 0.299 e. The molecule has 0 unspecified atom stereocenters. The molecule has 8 heteroatoms. The lowest BCUT2D eigenvalue weighted by molar-refractivity contribution is 0.790. The minimum absolute atomic E-state index is 0.482. The van der Waals surface area contributed by atoms with Crippen molar-refractivity contribution in [2.45, 2.75) is 13.3 Å². The van der Waals surface area contributed by atoms with Gasteiger partial charge in [-0.2, -0.15) is 4.68 Å². The number of anilines is 2. The summed E-state index contributed by atoms with van der Waals surface area (Å²) < 4.78 is 1.57. The van der Waals surface area contributed by atoms with Crippen LogP contribution in [0.4, 0.5) is 11.1 Å². The van der Waals surface area contributed by atoms with E-state index >= 15 is 0 Å². The van der Waals surface area contributed by atoms with E-state index in [9.17, 15) is 0 Å². The van der Waals surface area contributed by atoms with E-state index < -0.39 is 0 Å². The van der Waals surface area contributed by atoms with Crippen LogP contribution in [0.3, 0.4) is 0 Å². The molecule has 20 heavy (non-hydrogen) atoms. The fourth-order valence-electron chi connectivity index (χ4n) is 1.81. The van der Waals surface area contributed by atoms with E-state index in [4.69, 9.17) is 11.6 Å². The molecule has 0 saturated heterocycles. The number of aromatic nitrogens is 5. The normalized spacial score (nSPS) is 10.7. The topological polar surface area (TPSA) is 68.5 Å². The van der Waals surface area contributed by atoms with Crippen molar-refractivity contribution in [3.8, 4) is 5.69 Å². The van der Waals surface area contributed by atoms with Gasteiger partial charge in [0.1, 0.15) is 0 Å². The Kier molecular flexibility index (Phi) is 3.62. The number of benzene rings is 1. The second-order valence-corrected chi connectivity index (χ2v) is 5.25. The van der Waals surface area contributed by atoms with Crippen molar-refractivity contribution >= 4 is 34.0 Å². The summed E-state index contributed by atoms with van der Waals surface area (Å²) in [6.07, 6.45) is 2.57. The lowest BCUT2D eigenvalue weighted by atomic mass is 10.1.